The van der Waals surface area contributed by atoms with Crippen LogP contribution in [0.4, 0.5) is 13.2 Å². The number of ether oxygens (including phenoxy) is 1. The molecule has 1 aromatic carbocycles. The van der Waals surface area contributed by atoms with Gasteiger partial charge in [0.25, 0.3) is 0 Å². The van der Waals surface area contributed by atoms with E-state index in [0.717, 1.165) is 0 Å². The molecule has 0 amide bonds. The number of rotatable bonds is 3. The van der Waals surface area contributed by atoms with Crippen molar-refractivity contribution in [1.29, 1.82) is 0 Å². The Hall–Kier alpha value is -0.940. The highest BCUT2D eigenvalue weighted by Gasteiger charge is 2.30. The summed E-state index contributed by atoms with van der Waals surface area (Å²) >= 11 is 0. The first-order valence-electron chi connectivity index (χ1n) is 4.38. The third-order valence-corrected chi connectivity index (χ3v) is 1.97. The molecule has 0 saturated heterocycles. The minimum atomic E-state index is -4.25. The molecule has 0 bridgehead atoms. The Bertz CT molecular complexity index is 330. The van der Waals surface area contributed by atoms with Crippen LogP contribution in [-0.4, -0.2) is 13.3 Å². The van der Waals surface area contributed by atoms with Gasteiger partial charge in [0.05, 0.1) is 13.5 Å². The number of nitrogens with two attached hydrogens (primary N) is 1. The minimum absolute atomic E-state index is 0. The van der Waals surface area contributed by atoms with Gasteiger partial charge in [0, 0.05) is 6.04 Å². The first kappa shape index (κ1) is 15.1. The summed E-state index contributed by atoms with van der Waals surface area (Å²) in [6.07, 6.45) is -5.28. The van der Waals surface area contributed by atoms with Gasteiger partial charge in [-0.25, -0.2) is 0 Å². The number of halogens is 4. The van der Waals surface area contributed by atoms with E-state index in [2.05, 4.69) is 0 Å². The van der Waals surface area contributed by atoms with Gasteiger partial charge in [-0.15, -0.1) is 12.4 Å². The molecule has 1 aromatic rings. The topological polar surface area (TPSA) is 35.2 Å². The molecular formula is C10H13ClF3NO. The molecule has 92 valence electrons. The summed E-state index contributed by atoms with van der Waals surface area (Å²) in [5.74, 6) is 0.505. The van der Waals surface area contributed by atoms with Crippen LogP contribution in [0.15, 0.2) is 24.3 Å². The van der Waals surface area contributed by atoms with Gasteiger partial charge in [-0.1, -0.05) is 12.1 Å². The van der Waals surface area contributed by atoms with E-state index >= 15 is 0 Å². The molecule has 6 heteroatoms. The quantitative estimate of drug-likeness (QED) is 0.901. The first-order valence-corrected chi connectivity index (χ1v) is 4.38. The number of methoxy groups -OCH3 is 1. The van der Waals surface area contributed by atoms with E-state index in [4.69, 9.17) is 10.5 Å². The van der Waals surface area contributed by atoms with E-state index in [1.54, 1.807) is 18.2 Å². The van der Waals surface area contributed by atoms with Crippen molar-refractivity contribution >= 4 is 12.4 Å². The summed E-state index contributed by atoms with van der Waals surface area (Å²) in [4.78, 5) is 0. The lowest BCUT2D eigenvalue weighted by atomic mass is 10.0. The lowest BCUT2D eigenvalue weighted by Crippen LogP contribution is -2.20. The van der Waals surface area contributed by atoms with Gasteiger partial charge in [0.1, 0.15) is 5.75 Å². The van der Waals surface area contributed by atoms with Gasteiger partial charge in [-0.2, -0.15) is 13.2 Å². The second kappa shape index (κ2) is 5.96. The Morgan fingerprint density at radius 2 is 2.00 bits per heavy atom. The van der Waals surface area contributed by atoms with Crippen LogP contribution in [0.25, 0.3) is 0 Å². The average Bonchev–Trinajstić information content (AvgIpc) is 2.15. The zero-order valence-electron chi connectivity index (χ0n) is 8.62. The molecule has 0 radical (unpaired) electrons. The van der Waals surface area contributed by atoms with Crippen LogP contribution >= 0.6 is 12.4 Å². The summed E-state index contributed by atoms with van der Waals surface area (Å²) in [6.45, 7) is 0. The number of benzene rings is 1. The van der Waals surface area contributed by atoms with E-state index < -0.39 is 18.6 Å². The summed E-state index contributed by atoms with van der Waals surface area (Å²) in [5, 5.41) is 0. The molecule has 0 aromatic heterocycles. The lowest BCUT2D eigenvalue weighted by molar-refractivity contribution is -0.138. The first-order chi connectivity index (χ1) is 6.92. The summed E-state index contributed by atoms with van der Waals surface area (Å²) < 4.78 is 41.1. The average molecular weight is 256 g/mol. The Morgan fingerprint density at radius 3 is 2.50 bits per heavy atom. The van der Waals surface area contributed by atoms with Crippen molar-refractivity contribution in [2.75, 3.05) is 7.11 Å². The van der Waals surface area contributed by atoms with Gasteiger partial charge in [-0.3, -0.25) is 0 Å². The number of alkyl halides is 3. The van der Waals surface area contributed by atoms with Gasteiger partial charge in [0.2, 0.25) is 0 Å². The number of hydrogen-bond acceptors (Lipinski definition) is 2. The second-order valence-corrected chi connectivity index (χ2v) is 3.20. The fourth-order valence-electron chi connectivity index (χ4n) is 1.24. The molecule has 0 aliphatic heterocycles. The van der Waals surface area contributed by atoms with Crippen LogP contribution in [0.3, 0.4) is 0 Å². The van der Waals surface area contributed by atoms with Crippen molar-refractivity contribution in [1.82, 2.24) is 0 Å². The van der Waals surface area contributed by atoms with Crippen LogP contribution in [0.5, 0.6) is 5.75 Å². The monoisotopic (exact) mass is 255 g/mol. The molecule has 2 N–H and O–H groups in total. The van der Waals surface area contributed by atoms with Crippen molar-refractivity contribution in [3.8, 4) is 5.75 Å². The molecule has 0 saturated carbocycles. The molecule has 1 rings (SSSR count). The second-order valence-electron chi connectivity index (χ2n) is 3.20. The van der Waals surface area contributed by atoms with Gasteiger partial charge in [0.15, 0.2) is 0 Å². The van der Waals surface area contributed by atoms with Gasteiger partial charge < -0.3 is 10.5 Å². The van der Waals surface area contributed by atoms with Crippen LogP contribution in [0.2, 0.25) is 0 Å². The fraction of sp³-hybridized carbons (Fsp3) is 0.400. The normalized spacial score (nSPS) is 12.8. The Kier molecular flexibility index (Phi) is 5.61. The zero-order chi connectivity index (χ0) is 11.5. The smallest absolute Gasteiger partial charge is 0.390 e. The molecule has 0 aliphatic rings. The molecule has 0 heterocycles. The molecule has 2 nitrogen and oxygen atoms in total. The van der Waals surface area contributed by atoms with Gasteiger partial charge >= 0.3 is 6.18 Å². The Balaban J connectivity index is 0.00000225. The molecule has 0 fully saturated rings. The van der Waals surface area contributed by atoms with Crippen LogP contribution in [0.1, 0.15) is 18.0 Å². The molecule has 0 unspecified atom stereocenters. The summed E-state index contributed by atoms with van der Waals surface area (Å²) in [7, 11) is 1.45. The Morgan fingerprint density at radius 1 is 1.38 bits per heavy atom. The molecule has 0 spiro atoms. The highest BCUT2D eigenvalue weighted by atomic mass is 35.5. The maximum absolute atomic E-state index is 12.1. The van der Waals surface area contributed by atoms with E-state index in [-0.39, 0.29) is 12.4 Å². The lowest BCUT2D eigenvalue weighted by Gasteiger charge is -2.14. The van der Waals surface area contributed by atoms with Gasteiger partial charge in [-0.05, 0) is 17.7 Å². The largest absolute Gasteiger partial charge is 0.497 e. The van der Waals surface area contributed by atoms with Crippen LogP contribution in [-0.2, 0) is 0 Å². The highest BCUT2D eigenvalue weighted by molar-refractivity contribution is 5.85. The summed E-state index contributed by atoms with van der Waals surface area (Å²) in [5.41, 5.74) is 5.85. The van der Waals surface area contributed by atoms with Crippen molar-refractivity contribution in [3.05, 3.63) is 29.8 Å². The molecule has 16 heavy (non-hydrogen) atoms. The highest BCUT2D eigenvalue weighted by Crippen LogP contribution is 2.29. The predicted molar refractivity (Wildman–Crippen MR) is 57.8 cm³/mol. The molecule has 0 aliphatic carbocycles. The standard InChI is InChI=1S/C10H12F3NO.ClH/c1-15-8-4-2-3-7(5-8)9(14)6-10(11,12)13;/h2-5,9H,6,14H2,1H3;1H/t9-;/m0./s1. The third-order valence-electron chi connectivity index (χ3n) is 1.97. The molecule has 1 atom stereocenters. The van der Waals surface area contributed by atoms with Crippen molar-refractivity contribution in [3.63, 3.8) is 0 Å². The van der Waals surface area contributed by atoms with Crippen molar-refractivity contribution in [2.24, 2.45) is 5.73 Å². The van der Waals surface area contributed by atoms with E-state index in [0.29, 0.717) is 11.3 Å². The SMILES string of the molecule is COc1cccc([C@@H](N)CC(F)(F)F)c1.Cl. The minimum Gasteiger partial charge on any atom is -0.497 e. The fourth-order valence-corrected chi connectivity index (χ4v) is 1.24. The Labute approximate surface area is 98.0 Å². The van der Waals surface area contributed by atoms with E-state index in [1.807, 2.05) is 0 Å². The zero-order valence-corrected chi connectivity index (χ0v) is 9.44. The van der Waals surface area contributed by atoms with Crippen LogP contribution < -0.4 is 10.5 Å². The van der Waals surface area contributed by atoms with E-state index in [9.17, 15) is 13.2 Å². The maximum Gasteiger partial charge on any atom is 0.390 e. The van der Waals surface area contributed by atoms with Crippen LogP contribution in [0, 0.1) is 0 Å². The van der Waals surface area contributed by atoms with Crippen molar-refractivity contribution in [2.45, 2.75) is 18.6 Å². The predicted octanol–water partition coefficient (Wildman–Crippen LogP) is 3.07. The third kappa shape index (κ3) is 4.72. The van der Waals surface area contributed by atoms with E-state index in [1.165, 1.54) is 13.2 Å². The summed E-state index contributed by atoms with van der Waals surface area (Å²) in [6, 6.07) is 5.30. The number of hydrogen-bond donors (Lipinski definition) is 1. The maximum atomic E-state index is 12.1. The molecular weight excluding hydrogens is 243 g/mol. The van der Waals surface area contributed by atoms with Crippen molar-refractivity contribution < 1.29 is 17.9 Å².